The molecule has 0 unspecified atom stereocenters. The van der Waals surface area contributed by atoms with Crippen LogP contribution in [0.5, 0.6) is 0 Å². The van der Waals surface area contributed by atoms with Gasteiger partial charge in [-0.05, 0) is 43.5 Å². The van der Waals surface area contributed by atoms with E-state index in [1.54, 1.807) is 28.6 Å². The molecular weight excluding hydrogens is 310 g/mol. The van der Waals surface area contributed by atoms with Gasteiger partial charge in [0.25, 0.3) is 0 Å². The Bertz CT molecular complexity index is 711. The smallest absolute Gasteiger partial charge is 0.218 e. The van der Waals surface area contributed by atoms with Crippen molar-refractivity contribution in [3.05, 3.63) is 35.4 Å². The lowest BCUT2D eigenvalue weighted by atomic mass is 10.1. The van der Waals surface area contributed by atoms with E-state index in [1.807, 2.05) is 0 Å². The van der Waals surface area contributed by atoms with E-state index in [2.05, 4.69) is 17.9 Å². The first-order valence-electron chi connectivity index (χ1n) is 8.26. The van der Waals surface area contributed by atoms with Gasteiger partial charge < -0.3 is 0 Å². The van der Waals surface area contributed by atoms with Crippen LogP contribution in [-0.2, 0) is 15.8 Å². The third-order valence-electron chi connectivity index (χ3n) is 4.98. The highest BCUT2D eigenvalue weighted by molar-refractivity contribution is 7.88. The molecule has 2 aliphatic heterocycles. The highest BCUT2D eigenvalue weighted by atomic mass is 32.2. The molecule has 3 rings (SSSR count). The topological polar surface area (TPSA) is 64.4 Å². The van der Waals surface area contributed by atoms with Gasteiger partial charge in [-0.2, -0.15) is 9.57 Å². The Balaban J connectivity index is 1.81. The van der Waals surface area contributed by atoms with Gasteiger partial charge >= 0.3 is 0 Å². The summed E-state index contributed by atoms with van der Waals surface area (Å²) in [5, 5.41) is 8.98. The van der Waals surface area contributed by atoms with Gasteiger partial charge in [0.05, 0.1) is 17.4 Å². The maximum Gasteiger partial charge on any atom is 0.218 e. The summed E-state index contributed by atoms with van der Waals surface area (Å²) in [5.41, 5.74) is 1.19. The van der Waals surface area contributed by atoms with Gasteiger partial charge in [-0.3, -0.25) is 4.90 Å². The molecule has 0 aromatic heterocycles. The van der Waals surface area contributed by atoms with Gasteiger partial charge in [-0.1, -0.05) is 19.1 Å². The number of nitriles is 1. The number of hydrogen-bond donors (Lipinski definition) is 0. The van der Waals surface area contributed by atoms with Crippen molar-refractivity contribution in [1.29, 1.82) is 5.26 Å². The SMILES string of the molecule is CC[C@@H]1CN2CCC[C@@H]2CN1S(=O)(=O)Cc1cccc(C#N)c1. The molecule has 1 aromatic carbocycles. The molecule has 2 aliphatic rings. The van der Waals surface area contributed by atoms with Crippen molar-refractivity contribution in [3.63, 3.8) is 0 Å². The van der Waals surface area contributed by atoms with E-state index in [-0.39, 0.29) is 11.8 Å². The van der Waals surface area contributed by atoms with Crippen molar-refractivity contribution in [3.8, 4) is 6.07 Å². The Labute approximate surface area is 138 Å². The number of hydrogen-bond acceptors (Lipinski definition) is 4. The normalized spacial score (nSPS) is 25.9. The average Bonchev–Trinajstić information content (AvgIpc) is 3.00. The Hall–Kier alpha value is -1.42. The molecule has 6 heteroatoms. The average molecular weight is 333 g/mol. The number of benzene rings is 1. The molecule has 5 nitrogen and oxygen atoms in total. The zero-order chi connectivity index (χ0) is 16.4. The van der Waals surface area contributed by atoms with Gasteiger partial charge in [0.15, 0.2) is 0 Å². The minimum absolute atomic E-state index is 0.0221. The van der Waals surface area contributed by atoms with E-state index in [9.17, 15) is 8.42 Å². The van der Waals surface area contributed by atoms with E-state index in [1.165, 1.54) is 6.42 Å². The molecule has 2 atom stereocenters. The van der Waals surface area contributed by atoms with Crippen LogP contribution >= 0.6 is 0 Å². The van der Waals surface area contributed by atoms with Crippen molar-refractivity contribution in [2.24, 2.45) is 0 Å². The van der Waals surface area contributed by atoms with Crippen LogP contribution in [0.25, 0.3) is 0 Å². The summed E-state index contributed by atoms with van der Waals surface area (Å²) in [5.74, 6) is -0.0221. The Morgan fingerprint density at radius 3 is 2.91 bits per heavy atom. The van der Waals surface area contributed by atoms with Gasteiger partial charge in [-0.15, -0.1) is 0 Å². The highest BCUT2D eigenvalue weighted by Gasteiger charge is 2.40. The summed E-state index contributed by atoms with van der Waals surface area (Å²) in [6.45, 7) is 4.61. The molecular formula is C17H23N3O2S. The first-order valence-corrected chi connectivity index (χ1v) is 9.87. The second-order valence-electron chi connectivity index (χ2n) is 6.49. The summed E-state index contributed by atoms with van der Waals surface area (Å²) in [6, 6.07) is 9.40. The number of piperazine rings is 1. The molecule has 2 saturated heterocycles. The molecule has 1 aromatic rings. The molecule has 0 saturated carbocycles. The van der Waals surface area contributed by atoms with Crippen LogP contribution < -0.4 is 0 Å². The fourth-order valence-corrected chi connectivity index (χ4v) is 5.59. The van der Waals surface area contributed by atoms with Crippen molar-refractivity contribution < 1.29 is 8.42 Å². The van der Waals surface area contributed by atoms with Crippen LogP contribution in [-0.4, -0.2) is 49.3 Å². The second-order valence-corrected chi connectivity index (χ2v) is 8.41. The third-order valence-corrected chi connectivity index (χ3v) is 6.84. The van der Waals surface area contributed by atoms with E-state index >= 15 is 0 Å². The van der Waals surface area contributed by atoms with E-state index < -0.39 is 10.0 Å². The summed E-state index contributed by atoms with van der Waals surface area (Å²) in [6.07, 6.45) is 3.09. The zero-order valence-electron chi connectivity index (χ0n) is 13.5. The Morgan fingerprint density at radius 2 is 2.17 bits per heavy atom. The molecule has 0 aliphatic carbocycles. The number of sulfonamides is 1. The highest BCUT2D eigenvalue weighted by Crippen LogP contribution is 2.28. The van der Waals surface area contributed by atoms with E-state index in [0.29, 0.717) is 23.7 Å². The van der Waals surface area contributed by atoms with E-state index in [0.717, 1.165) is 25.9 Å². The standard InChI is InChI=1S/C17H23N3O2S/c1-2-16-11-19-8-4-7-17(19)12-20(16)23(21,22)13-15-6-3-5-14(9-15)10-18/h3,5-6,9,16-17H,2,4,7-8,11-13H2,1H3/t16-,17-/m1/s1. The van der Waals surface area contributed by atoms with Crippen molar-refractivity contribution in [2.45, 2.75) is 44.0 Å². The minimum Gasteiger partial charge on any atom is -0.297 e. The van der Waals surface area contributed by atoms with Crippen molar-refractivity contribution in [1.82, 2.24) is 9.21 Å². The van der Waals surface area contributed by atoms with Gasteiger partial charge in [0.2, 0.25) is 10.0 Å². The minimum atomic E-state index is -3.36. The summed E-state index contributed by atoms with van der Waals surface area (Å²) in [7, 11) is -3.36. The lowest BCUT2D eigenvalue weighted by molar-refractivity contribution is 0.106. The lowest BCUT2D eigenvalue weighted by Gasteiger charge is -2.42. The zero-order valence-corrected chi connectivity index (χ0v) is 14.3. The molecule has 0 spiro atoms. The van der Waals surface area contributed by atoms with Crippen LogP contribution in [0, 0.1) is 11.3 Å². The molecule has 0 N–H and O–H groups in total. The fraction of sp³-hybridized carbons (Fsp3) is 0.588. The molecule has 0 bridgehead atoms. The molecule has 23 heavy (non-hydrogen) atoms. The fourth-order valence-electron chi connectivity index (χ4n) is 3.76. The number of rotatable bonds is 4. The largest absolute Gasteiger partial charge is 0.297 e. The predicted molar refractivity (Wildman–Crippen MR) is 89.2 cm³/mol. The van der Waals surface area contributed by atoms with Gasteiger partial charge in [0, 0.05) is 25.2 Å². The van der Waals surface area contributed by atoms with Crippen molar-refractivity contribution >= 4 is 10.0 Å². The predicted octanol–water partition coefficient (Wildman–Crippen LogP) is 1.95. The van der Waals surface area contributed by atoms with E-state index in [4.69, 9.17) is 5.26 Å². The number of fused-ring (bicyclic) bond motifs is 1. The molecule has 2 fully saturated rings. The Kier molecular flexibility index (Phi) is 4.72. The first kappa shape index (κ1) is 16.4. The monoisotopic (exact) mass is 333 g/mol. The van der Waals surface area contributed by atoms with Crippen LogP contribution in [0.2, 0.25) is 0 Å². The second kappa shape index (κ2) is 6.60. The number of nitrogens with zero attached hydrogens (tertiary/aromatic N) is 3. The first-order chi connectivity index (χ1) is 11.0. The molecule has 2 heterocycles. The summed E-state index contributed by atoms with van der Waals surface area (Å²) < 4.78 is 27.6. The third kappa shape index (κ3) is 3.42. The molecule has 124 valence electrons. The van der Waals surface area contributed by atoms with Crippen LogP contribution in [0.3, 0.4) is 0 Å². The maximum absolute atomic E-state index is 12.9. The van der Waals surface area contributed by atoms with Gasteiger partial charge in [-0.25, -0.2) is 8.42 Å². The Morgan fingerprint density at radius 1 is 1.35 bits per heavy atom. The maximum atomic E-state index is 12.9. The van der Waals surface area contributed by atoms with Crippen LogP contribution in [0.4, 0.5) is 0 Å². The van der Waals surface area contributed by atoms with Crippen molar-refractivity contribution in [2.75, 3.05) is 19.6 Å². The van der Waals surface area contributed by atoms with Crippen LogP contribution in [0.15, 0.2) is 24.3 Å². The van der Waals surface area contributed by atoms with Crippen LogP contribution in [0.1, 0.15) is 37.3 Å². The summed E-state index contributed by atoms with van der Waals surface area (Å²) >= 11 is 0. The lowest BCUT2D eigenvalue weighted by Crippen LogP contribution is -2.57. The molecule has 0 radical (unpaired) electrons. The molecule has 0 amide bonds. The summed E-state index contributed by atoms with van der Waals surface area (Å²) in [4.78, 5) is 2.44. The van der Waals surface area contributed by atoms with Gasteiger partial charge in [0.1, 0.15) is 0 Å². The quantitative estimate of drug-likeness (QED) is 0.845.